The zero-order valence-corrected chi connectivity index (χ0v) is 13.2. The number of hydrogen-bond donors (Lipinski definition) is 1. The lowest BCUT2D eigenvalue weighted by Gasteiger charge is -2.12. The minimum Gasteiger partial charge on any atom is -0.325 e. The van der Waals surface area contributed by atoms with Crippen molar-refractivity contribution in [1.29, 1.82) is 0 Å². The molecule has 0 radical (unpaired) electrons. The summed E-state index contributed by atoms with van der Waals surface area (Å²) in [7, 11) is 0. The van der Waals surface area contributed by atoms with E-state index in [0.29, 0.717) is 6.42 Å². The van der Waals surface area contributed by atoms with E-state index in [1.807, 2.05) is 13.0 Å². The third-order valence-electron chi connectivity index (χ3n) is 4.70. The first-order chi connectivity index (χ1) is 11.3. The monoisotopic (exact) mass is 301 g/mol. The van der Waals surface area contributed by atoms with Crippen molar-refractivity contribution in [2.45, 2.75) is 26.2 Å². The Morgan fingerprint density at radius 3 is 2.48 bits per heavy atom. The van der Waals surface area contributed by atoms with Gasteiger partial charge in [0.2, 0.25) is 5.91 Å². The molecule has 0 saturated carbocycles. The average molecular weight is 301 g/mol. The number of benzene rings is 2. The van der Waals surface area contributed by atoms with E-state index < -0.39 is 0 Å². The first kappa shape index (κ1) is 14.0. The van der Waals surface area contributed by atoms with Gasteiger partial charge >= 0.3 is 0 Å². The third kappa shape index (κ3) is 2.31. The van der Waals surface area contributed by atoms with Crippen LogP contribution in [0.2, 0.25) is 0 Å². The molecular formula is C21H19NO. The highest BCUT2D eigenvalue weighted by molar-refractivity contribution is 5.99. The van der Waals surface area contributed by atoms with Crippen LogP contribution in [0.25, 0.3) is 11.3 Å². The van der Waals surface area contributed by atoms with Crippen molar-refractivity contribution >= 4 is 17.2 Å². The molecule has 1 amide bonds. The first-order valence-electron chi connectivity index (χ1n) is 8.18. The molecule has 23 heavy (non-hydrogen) atoms. The van der Waals surface area contributed by atoms with Crippen molar-refractivity contribution < 1.29 is 4.79 Å². The number of nitrogens with one attached hydrogen (secondary N) is 1. The molecule has 2 aromatic rings. The lowest BCUT2D eigenvalue weighted by molar-refractivity contribution is -0.119. The molecular weight excluding hydrogens is 282 g/mol. The fourth-order valence-corrected chi connectivity index (χ4v) is 3.53. The van der Waals surface area contributed by atoms with E-state index in [2.05, 4.69) is 53.9 Å². The number of rotatable bonds is 3. The van der Waals surface area contributed by atoms with Gasteiger partial charge in [0.15, 0.2) is 0 Å². The summed E-state index contributed by atoms with van der Waals surface area (Å²) in [6.07, 6.45) is 4.65. The van der Waals surface area contributed by atoms with Crippen LogP contribution in [0.15, 0.2) is 60.2 Å². The van der Waals surface area contributed by atoms with E-state index >= 15 is 0 Å². The van der Waals surface area contributed by atoms with Crippen molar-refractivity contribution in [3.8, 4) is 0 Å². The molecule has 1 N–H and O–H groups in total. The minimum atomic E-state index is 0.0704. The van der Waals surface area contributed by atoms with Gasteiger partial charge in [0.25, 0.3) is 0 Å². The average Bonchev–Trinajstić information content (AvgIpc) is 3.16. The Morgan fingerprint density at radius 1 is 1.00 bits per heavy atom. The lowest BCUT2D eigenvalue weighted by Crippen LogP contribution is -2.21. The van der Waals surface area contributed by atoms with Crippen molar-refractivity contribution in [2.75, 3.05) is 0 Å². The number of fused-ring (bicyclic) bond motifs is 2. The molecule has 2 aliphatic carbocycles. The van der Waals surface area contributed by atoms with Crippen LogP contribution in [-0.4, -0.2) is 5.91 Å². The maximum atomic E-state index is 12.0. The zero-order valence-electron chi connectivity index (χ0n) is 13.2. The fraction of sp³-hybridized carbons (Fsp3) is 0.190. The number of carbonyl (C=O) groups is 1. The van der Waals surface area contributed by atoms with Crippen molar-refractivity contribution in [1.82, 2.24) is 5.32 Å². The van der Waals surface area contributed by atoms with Crippen molar-refractivity contribution in [2.24, 2.45) is 0 Å². The summed E-state index contributed by atoms with van der Waals surface area (Å²) < 4.78 is 0. The second-order valence-corrected chi connectivity index (χ2v) is 6.07. The Kier molecular flexibility index (Phi) is 3.38. The van der Waals surface area contributed by atoms with E-state index in [1.54, 1.807) is 0 Å². The van der Waals surface area contributed by atoms with Crippen molar-refractivity contribution in [3.05, 3.63) is 82.4 Å². The van der Waals surface area contributed by atoms with Gasteiger partial charge in [0.05, 0.1) is 5.70 Å². The van der Waals surface area contributed by atoms with Crippen LogP contribution in [0, 0.1) is 0 Å². The van der Waals surface area contributed by atoms with E-state index in [9.17, 15) is 4.79 Å². The molecule has 2 aromatic carbocycles. The molecule has 0 aromatic heterocycles. The highest BCUT2D eigenvalue weighted by atomic mass is 16.1. The summed E-state index contributed by atoms with van der Waals surface area (Å²) in [6.45, 7) is 1.89. The zero-order chi connectivity index (χ0) is 15.8. The standard InChI is InChI=1S/C21H19NO/c1-2-20(23)22-21-17-10-6-4-8-15(17)13-19(21)18-12-11-14-7-3-5-9-16(14)18/h3-10,12H,2,11,13H2,1H3,(H,22,23). The normalized spacial score (nSPS) is 15.3. The van der Waals surface area contributed by atoms with Crippen LogP contribution in [-0.2, 0) is 17.6 Å². The molecule has 0 aliphatic heterocycles. The predicted octanol–water partition coefficient (Wildman–Crippen LogP) is 4.12. The highest BCUT2D eigenvalue weighted by Crippen LogP contribution is 2.42. The SMILES string of the molecule is CCC(=O)NC1=C(C2=CCc3ccccc32)Cc2ccccc21. The Hall–Kier alpha value is -2.61. The smallest absolute Gasteiger partial charge is 0.224 e. The summed E-state index contributed by atoms with van der Waals surface area (Å²) >= 11 is 0. The van der Waals surface area contributed by atoms with Gasteiger partial charge in [0, 0.05) is 18.4 Å². The van der Waals surface area contributed by atoms with Crippen LogP contribution < -0.4 is 5.32 Å². The first-order valence-corrected chi connectivity index (χ1v) is 8.18. The summed E-state index contributed by atoms with van der Waals surface area (Å²) in [5.74, 6) is 0.0704. The van der Waals surface area contributed by atoms with Gasteiger partial charge in [-0.25, -0.2) is 0 Å². The molecule has 0 spiro atoms. The van der Waals surface area contributed by atoms with E-state index in [-0.39, 0.29) is 5.91 Å². The predicted molar refractivity (Wildman–Crippen MR) is 93.6 cm³/mol. The molecule has 0 fully saturated rings. The molecule has 0 saturated heterocycles. The molecule has 2 nitrogen and oxygen atoms in total. The second kappa shape index (κ2) is 5.54. The van der Waals surface area contributed by atoms with E-state index in [4.69, 9.17) is 0 Å². The summed E-state index contributed by atoms with van der Waals surface area (Å²) in [5, 5.41) is 3.14. The summed E-state index contributed by atoms with van der Waals surface area (Å²) in [5.41, 5.74) is 8.65. The fourth-order valence-electron chi connectivity index (χ4n) is 3.53. The van der Waals surface area contributed by atoms with Crippen molar-refractivity contribution in [3.63, 3.8) is 0 Å². The maximum Gasteiger partial charge on any atom is 0.224 e. The minimum absolute atomic E-state index is 0.0704. The van der Waals surface area contributed by atoms with Gasteiger partial charge in [-0.2, -0.15) is 0 Å². The Bertz CT molecular complexity index is 858. The second-order valence-electron chi connectivity index (χ2n) is 6.07. The van der Waals surface area contributed by atoms with Gasteiger partial charge in [-0.05, 0) is 34.3 Å². The Morgan fingerprint density at radius 2 is 1.70 bits per heavy atom. The van der Waals surface area contributed by atoms with Crippen LogP contribution >= 0.6 is 0 Å². The van der Waals surface area contributed by atoms with E-state index in [0.717, 1.165) is 24.1 Å². The molecule has 0 unspecified atom stereocenters. The largest absolute Gasteiger partial charge is 0.325 e. The Balaban J connectivity index is 1.83. The quantitative estimate of drug-likeness (QED) is 0.908. The molecule has 0 bridgehead atoms. The molecule has 4 rings (SSSR count). The topological polar surface area (TPSA) is 29.1 Å². The molecule has 0 atom stereocenters. The lowest BCUT2D eigenvalue weighted by atomic mass is 9.97. The van der Waals surface area contributed by atoms with Crippen LogP contribution in [0.5, 0.6) is 0 Å². The van der Waals surface area contributed by atoms with Crippen LogP contribution in [0.3, 0.4) is 0 Å². The molecule has 114 valence electrons. The molecule has 2 heteroatoms. The molecule has 2 aliphatic rings. The Labute approximate surface area is 136 Å². The number of amides is 1. The maximum absolute atomic E-state index is 12.0. The van der Waals surface area contributed by atoms with Crippen LogP contribution in [0.1, 0.15) is 35.6 Å². The van der Waals surface area contributed by atoms with E-state index in [1.165, 1.54) is 27.8 Å². The van der Waals surface area contributed by atoms with Gasteiger partial charge in [0.1, 0.15) is 0 Å². The van der Waals surface area contributed by atoms with Gasteiger partial charge in [-0.15, -0.1) is 0 Å². The van der Waals surface area contributed by atoms with Gasteiger partial charge in [-0.3, -0.25) is 4.79 Å². The van der Waals surface area contributed by atoms with Gasteiger partial charge < -0.3 is 5.32 Å². The summed E-state index contributed by atoms with van der Waals surface area (Å²) in [4.78, 5) is 12.0. The number of carbonyl (C=O) groups excluding carboxylic acids is 1. The number of allylic oxidation sites excluding steroid dienone is 3. The van der Waals surface area contributed by atoms with Crippen LogP contribution in [0.4, 0.5) is 0 Å². The van der Waals surface area contributed by atoms with Gasteiger partial charge in [-0.1, -0.05) is 61.5 Å². The third-order valence-corrected chi connectivity index (χ3v) is 4.70. The highest BCUT2D eigenvalue weighted by Gasteiger charge is 2.27. The summed E-state index contributed by atoms with van der Waals surface area (Å²) in [6, 6.07) is 16.9. The number of hydrogen-bond acceptors (Lipinski definition) is 1. The molecule has 0 heterocycles.